The van der Waals surface area contributed by atoms with E-state index in [4.69, 9.17) is 17.0 Å². The average Bonchev–Trinajstić information content (AvgIpc) is 2.69. The molecule has 5 heteroatoms. The predicted molar refractivity (Wildman–Crippen MR) is 112 cm³/mol. The van der Waals surface area contributed by atoms with Crippen molar-refractivity contribution < 1.29 is 4.74 Å². The zero-order valence-corrected chi connectivity index (χ0v) is 16.4. The fraction of sp³-hybridized carbons (Fsp3) is 0.381. The Morgan fingerprint density at radius 1 is 1.08 bits per heavy atom. The molecular formula is C21H27N3OS. The molecule has 1 aliphatic rings. The van der Waals surface area contributed by atoms with Crippen molar-refractivity contribution in [3.05, 3.63) is 59.7 Å². The van der Waals surface area contributed by atoms with Gasteiger partial charge in [-0.05, 0) is 48.0 Å². The number of para-hydroxylation sites is 1. The predicted octanol–water partition coefficient (Wildman–Crippen LogP) is 3.77. The zero-order chi connectivity index (χ0) is 18.4. The molecule has 0 bridgehead atoms. The minimum absolute atomic E-state index is 0.826. The normalized spacial score (nSPS) is 14.9. The molecule has 1 heterocycles. The molecule has 26 heavy (non-hydrogen) atoms. The molecule has 2 aromatic carbocycles. The molecule has 1 aliphatic heterocycles. The smallest absolute Gasteiger partial charge is 0.173 e. The Morgan fingerprint density at radius 3 is 2.58 bits per heavy atom. The fourth-order valence-corrected chi connectivity index (χ4v) is 3.58. The maximum atomic E-state index is 5.64. The number of piperazine rings is 1. The Hall–Kier alpha value is -2.11. The second-order valence-electron chi connectivity index (χ2n) is 6.56. The summed E-state index contributed by atoms with van der Waals surface area (Å²) in [7, 11) is 1.71. The molecule has 0 atom stereocenters. The molecule has 0 aliphatic carbocycles. The molecule has 1 N–H and O–H groups in total. The largest absolute Gasteiger partial charge is 0.497 e. The molecule has 4 nitrogen and oxygen atoms in total. The first-order valence-electron chi connectivity index (χ1n) is 9.18. The molecule has 0 aromatic heterocycles. The summed E-state index contributed by atoms with van der Waals surface area (Å²) in [6.45, 7) is 7.03. The lowest BCUT2D eigenvalue weighted by Crippen LogP contribution is -2.49. The van der Waals surface area contributed by atoms with Crippen LogP contribution in [0.3, 0.4) is 0 Å². The summed E-state index contributed by atoms with van der Waals surface area (Å²) in [6.07, 6.45) is 1.00. The topological polar surface area (TPSA) is 27.7 Å². The van der Waals surface area contributed by atoms with Crippen LogP contribution >= 0.6 is 12.2 Å². The van der Waals surface area contributed by atoms with Crippen LogP contribution in [0.25, 0.3) is 0 Å². The van der Waals surface area contributed by atoms with Gasteiger partial charge in [0.25, 0.3) is 0 Å². The monoisotopic (exact) mass is 369 g/mol. The number of thiocarbonyl (C=S) groups is 1. The van der Waals surface area contributed by atoms with Crippen LogP contribution in [0.15, 0.2) is 48.5 Å². The van der Waals surface area contributed by atoms with Crippen molar-refractivity contribution in [3.8, 4) is 5.75 Å². The highest BCUT2D eigenvalue weighted by Gasteiger charge is 2.19. The van der Waals surface area contributed by atoms with E-state index in [2.05, 4.69) is 64.5 Å². The Morgan fingerprint density at radius 2 is 1.85 bits per heavy atom. The molecule has 0 radical (unpaired) electrons. The van der Waals surface area contributed by atoms with Crippen LogP contribution in [0, 0.1) is 0 Å². The maximum Gasteiger partial charge on any atom is 0.173 e. The van der Waals surface area contributed by atoms with E-state index < -0.39 is 0 Å². The van der Waals surface area contributed by atoms with Gasteiger partial charge in [0, 0.05) is 38.4 Å². The first kappa shape index (κ1) is 18.7. The van der Waals surface area contributed by atoms with Crippen molar-refractivity contribution in [1.82, 2.24) is 9.80 Å². The van der Waals surface area contributed by atoms with E-state index in [1.54, 1.807) is 7.11 Å². The average molecular weight is 370 g/mol. The summed E-state index contributed by atoms with van der Waals surface area (Å²) in [5.74, 6) is 0.918. The quantitative estimate of drug-likeness (QED) is 0.810. The summed E-state index contributed by atoms with van der Waals surface area (Å²) in [6, 6.07) is 16.7. The first-order valence-corrected chi connectivity index (χ1v) is 9.59. The summed E-state index contributed by atoms with van der Waals surface area (Å²) in [5, 5.41) is 4.26. The summed E-state index contributed by atoms with van der Waals surface area (Å²) in [5.41, 5.74) is 3.71. The van der Waals surface area contributed by atoms with Crippen LogP contribution in [0.1, 0.15) is 18.1 Å². The van der Waals surface area contributed by atoms with Gasteiger partial charge in [0.15, 0.2) is 5.11 Å². The van der Waals surface area contributed by atoms with Crippen LogP contribution in [0.4, 0.5) is 5.69 Å². The number of nitrogens with zero attached hydrogens (tertiary/aromatic N) is 2. The van der Waals surface area contributed by atoms with Gasteiger partial charge in [-0.25, -0.2) is 0 Å². The number of nitrogens with one attached hydrogen (secondary N) is 1. The van der Waals surface area contributed by atoms with Crippen molar-refractivity contribution in [1.29, 1.82) is 0 Å². The summed E-state index contributed by atoms with van der Waals surface area (Å²) < 4.78 is 5.32. The number of hydrogen-bond donors (Lipinski definition) is 1. The summed E-state index contributed by atoms with van der Waals surface area (Å²) in [4.78, 5) is 4.73. The second-order valence-corrected chi connectivity index (χ2v) is 6.94. The van der Waals surface area contributed by atoms with Gasteiger partial charge < -0.3 is 15.0 Å². The van der Waals surface area contributed by atoms with E-state index in [1.807, 2.05) is 6.07 Å². The number of hydrogen-bond acceptors (Lipinski definition) is 3. The van der Waals surface area contributed by atoms with Crippen LogP contribution in [-0.2, 0) is 13.0 Å². The lowest BCUT2D eigenvalue weighted by molar-refractivity contribution is 0.177. The Kier molecular flexibility index (Phi) is 6.47. The second kappa shape index (κ2) is 9.01. The maximum absolute atomic E-state index is 5.64. The van der Waals surface area contributed by atoms with E-state index in [-0.39, 0.29) is 0 Å². The number of rotatable bonds is 5. The van der Waals surface area contributed by atoms with Gasteiger partial charge in [0.05, 0.1) is 7.11 Å². The highest BCUT2D eigenvalue weighted by molar-refractivity contribution is 7.80. The van der Waals surface area contributed by atoms with Crippen molar-refractivity contribution in [2.45, 2.75) is 19.9 Å². The first-order chi connectivity index (χ1) is 12.7. The van der Waals surface area contributed by atoms with Crippen LogP contribution in [-0.4, -0.2) is 48.2 Å². The Bertz CT molecular complexity index is 742. The minimum atomic E-state index is 0.826. The van der Waals surface area contributed by atoms with Gasteiger partial charge in [-0.2, -0.15) is 0 Å². The SMILES string of the molecule is CCc1ccccc1NC(=S)N1CCN(Cc2cccc(OC)c2)CC1. The highest BCUT2D eigenvalue weighted by Crippen LogP contribution is 2.18. The molecule has 0 saturated carbocycles. The van der Waals surface area contributed by atoms with Crippen molar-refractivity contribution in [3.63, 3.8) is 0 Å². The molecule has 138 valence electrons. The molecule has 1 saturated heterocycles. The molecule has 0 spiro atoms. The zero-order valence-electron chi connectivity index (χ0n) is 15.6. The summed E-state index contributed by atoms with van der Waals surface area (Å²) >= 11 is 5.64. The minimum Gasteiger partial charge on any atom is -0.497 e. The Balaban J connectivity index is 1.52. The third kappa shape index (κ3) is 4.74. The standard InChI is InChI=1S/C21H27N3OS/c1-3-18-8-4-5-10-20(18)22-21(26)24-13-11-23(12-14-24)16-17-7-6-9-19(15-17)25-2/h4-10,15H,3,11-14,16H2,1-2H3,(H,22,26). The fourth-order valence-electron chi connectivity index (χ4n) is 3.28. The van der Waals surface area contributed by atoms with Gasteiger partial charge in [0.1, 0.15) is 5.75 Å². The molecule has 0 unspecified atom stereocenters. The molecule has 2 aromatic rings. The van der Waals surface area contributed by atoms with Crippen LogP contribution < -0.4 is 10.1 Å². The van der Waals surface area contributed by atoms with Gasteiger partial charge in [-0.15, -0.1) is 0 Å². The van der Waals surface area contributed by atoms with Gasteiger partial charge in [-0.3, -0.25) is 4.90 Å². The highest BCUT2D eigenvalue weighted by atomic mass is 32.1. The molecule has 0 amide bonds. The lowest BCUT2D eigenvalue weighted by Gasteiger charge is -2.36. The number of methoxy groups -OCH3 is 1. The molecule has 1 fully saturated rings. The number of ether oxygens (including phenoxy) is 1. The van der Waals surface area contributed by atoms with Crippen LogP contribution in [0.2, 0.25) is 0 Å². The van der Waals surface area contributed by atoms with Crippen molar-refractivity contribution in [2.24, 2.45) is 0 Å². The van der Waals surface area contributed by atoms with Gasteiger partial charge >= 0.3 is 0 Å². The van der Waals surface area contributed by atoms with Gasteiger partial charge in [-0.1, -0.05) is 37.3 Å². The number of anilines is 1. The van der Waals surface area contributed by atoms with E-state index in [9.17, 15) is 0 Å². The van der Waals surface area contributed by atoms with Crippen molar-refractivity contribution in [2.75, 3.05) is 38.6 Å². The molecular weight excluding hydrogens is 342 g/mol. The van der Waals surface area contributed by atoms with E-state index in [1.165, 1.54) is 11.1 Å². The third-order valence-electron chi connectivity index (χ3n) is 4.84. The van der Waals surface area contributed by atoms with E-state index >= 15 is 0 Å². The van der Waals surface area contributed by atoms with Crippen molar-refractivity contribution >= 4 is 23.0 Å². The number of benzene rings is 2. The van der Waals surface area contributed by atoms with Gasteiger partial charge in [0.2, 0.25) is 0 Å². The van der Waals surface area contributed by atoms with E-state index in [0.29, 0.717) is 0 Å². The third-order valence-corrected chi connectivity index (χ3v) is 5.20. The molecule has 3 rings (SSSR count). The lowest BCUT2D eigenvalue weighted by atomic mass is 10.1. The van der Waals surface area contributed by atoms with Crippen LogP contribution in [0.5, 0.6) is 5.75 Å². The number of aryl methyl sites for hydroxylation is 1. The Labute approximate surface area is 161 Å². The van der Waals surface area contributed by atoms with E-state index in [0.717, 1.165) is 55.7 Å².